The van der Waals surface area contributed by atoms with Crippen LogP contribution in [0.5, 0.6) is 11.5 Å². The number of benzene rings is 1. The first-order valence-corrected chi connectivity index (χ1v) is 10.1. The highest BCUT2D eigenvalue weighted by Gasteiger charge is 2.36. The van der Waals surface area contributed by atoms with Gasteiger partial charge >= 0.3 is 0 Å². The van der Waals surface area contributed by atoms with Crippen molar-refractivity contribution in [2.75, 3.05) is 13.7 Å². The second-order valence-electron chi connectivity index (χ2n) is 8.16. The number of carbonyl (C=O) groups is 1. The molecule has 0 unspecified atom stereocenters. The molecule has 0 spiro atoms. The van der Waals surface area contributed by atoms with Crippen LogP contribution in [0.2, 0.25) is 0 Å². The molecule has 2 aliphatic carbocycles. The van der Waals surface area contributed by atoms with Gasteiger partial charge in [0, 0.05) is 5.92 Å². The highest BCUT2D eigenvalue weighted by atomic mass is 16.5. The van der Waals surface area contributed by atoms with Crippen LogP contribution < -0.4 is 9.47 Å². The lowest BCUT2D eigenvalue weighted by molar-refractivity contribution is -0.119. The first-order chi connectivity index (χ1) is 12.6. The molecule has 3 rings (SSSR count). The first kappa shape index (κ1) is 19.0. The molecule has 2 saturated carbocycles. The average Bonchev–Trinajstić information content (AvgIpc) is 3.26. The number of ether oxygens (including phenoxy) is 2. The van der Waals surface area contributed by atoms with E-state index in [2.05, 4.69) is 19.9 Å². The van der Waals surface area contributed by atoms with E-state index in [-0.39, 0.29) is 5.92 Å². The topological polar surface area (TPSA) is 35.5 Å². The molecule has 0 amide bonds. The molecule has 1 atom stereocenters. The Bertz CT molecular complexity index is 653. The molecular weight excluding hydrogens is 324 g/mol. The van der Waals surface area contributed by atoms with Crippen LogP contribution in [0.3, 0.4) is 0 Å². The van der Waals surface area contributed by atoms with E-state index in [1.807, 2.05) is 18.2 Å². The summed E-state index contributed by atoms with van der Waals surface area (Å²) in [6.07, 6.45) is 10.1. The van der Waals surface area contributed by atoms with Crippen molar-refractivity contribution in [1.82, 2.24) is 0 Å². The third-order valence-electron chi connectivity index (χ3n) is 5.83. The standard InChI is InChI=1S/C23H32O3/c1-16(2)12-13-26-21-11-8-17(15-22(21)25-3)14-19-9-10-20(23(19)24)18-6-4-5-7-18/h8,11,14-16,18,20H,4-7,9-10,12-13H2,1-3H3/b19-14+/t20-/m1/s1. The third kappa shape index (κ3) is 4.49. The number of allylic oxidation sites excluding steroid dienone is 1. The molecule has 0 aromatic heterocycles. The van der Waals surface area contributed by atoms with E-state index in [1.165, 1.54) is 25.7 Å². The molecular formula is C23H32O3. The zero-order valence-electron chi connectivity index (χ0n) is 16.4. The van der Waals surface area contributed by atoms with Gasteiger partial charge in [0.2, 0.25) is 0 Å². The van der Waals surface area contributed by atoms with Crippen molar-refractivity contribution in [2.24, 2.45) is 17.8 Å². The maximum atomic E-state index is 12.8. The minimum absolute atomic E-state index is 0.268. The minimum atomic E-state index is 0.268. The summed E-state index contributed by atoms with van der Waals surface area (Å²) >= 11 is 0. The highest BCUT2D eigenvalue weighted by Crippen LogP contribution is 2.41. The van der Waals surface area contributed by atoms with Gasteiger partial charge in [-0.3, -0.25) is 4.79 Å². The number of ketones is 1. The highest BCUT2D eigenvalue weighted by molar-refractivity contribution is 6.03. The molecule has 0 saturated heterocycles. The Morgan fingerprint density at radius 1 is 1.15 bits per heavy atom. The Morgan fingerprint density at radius 3 is 2.62 bits per heavy atom. The number of carbonyl (C=O) groups excluding carboxylic acids is 1. The van der Waals surface area contributed by atoms with Crippen molar-refractivity contribution in [3.63, 3.8) is 0 Å². The Hall–Kier alpha value is -1.77. The molecule has 0 aliphatic heterocycles. The summed E-state index contributed by atoms with van der Waals surface area (Å²) in [5, 5.41) is 0. The van der Waals surface area contributed by atoms with Gasteiger partial charge in [-0.25, -0.2) is 0 Å². The molecule has 3 heteroatoms. The van der Waals surface area contributed by atoms with Gasteiger partial charge in [0.25, 0.3) is 0 Å². The fourth-order valence-corrected chi connectivity index (χ4v) is 4.26. The van der Waals surface area contributed by atoms with E-state index >= 15 is 0 Å². The Labute approximate surface area is 157 Å². The lowest BCUT2D eigenvalue weighted by Gasteiger charge is -2.15. The van der Waals surface area contributed by atoms with Crippen molar-refractivity contribution >= 4 is 11.9 Å². The molecule has 0 heterocycles. The van der Waals surface area contributed by atoms with Gasteiger partial charge in [0.1, 0.15) is 0 Å². The molecule has 142 valence electrons. The quantitative estimate of drug-likeness (QED) is 0.590. The summed E-state index contributed by atoms with van der Waals surface area (Å²) in [5.74, 6) is 3.40. The zero-order chi connectivity index (χ0) is 18.5. The van der Waals surface area contributed by atoms with Crippen LogP contribution in [-0.2, 0) is 4.79 Å². The number of rotatable bonds is 7. The van der Waals surface area contributed by atoms with E-state index in [0.29, 0.717) is 24.2 Å². The lowest BCUT2D eigenvalue weighted by atomic mass is 9.88. The van der Waals surface area contributed by atoms with Crippen LogP contribution in [0.25, 0.3) is 6.08 Å². The second kappa shape index (κ2) is 8.75. The van der Waals surface area contributed by atoms with Gasteiger partial charge in [-0.2, -0.15) is 0 Å². The van der Waals surface area contributed by atoms with E-state index in [4.69, 9.17) is 9.47 Å². The normalized spacial score (nSPS) is 22.5. The van der Waals surface area contributed by atoms with Crippen LogP contribution in [0.15, 0.2) is 23.8 Å². The monoisotopic (exact) mass is 356 g/mol. The van der Waals surface area contributed by atoms with E-state index in [0.717, 1.165) is 41.9 Å². The van der Waals surface area contributed by atoms with Crippen molar-refractivity contribution in [2.45, 2.75) is 58.8 Å². The SMILES string of the molecule is COc1cc(/C=C2\CC[C@H](C3CCCC3)C2=O)ccc1OCCC(C)C. The van der Waals surface area contributed by atoms with Gasteiger partial charge in [-0.15, -0.1) is 0 Å². The van der Waals surface area contributed by atoms with Crippen molar-refractivity contribution in [1.29, 1.82) is 0 Å². The van der Waals surface area contributed by atoms with Crippen LogP contribution >= 0.6 is 0 Å². The average molecular weight is 357 g/mol. The molecule has 2 fully saturated rings. The predicted octanol–water partition coefficient (Wildman–Crippen LogP) is 5.67. The lowest BCUT2D eigenvalue weighted by Crippen LogP contribution is -2.16. The van der Waals surface area contributed by atoms with Crippen LogP contribution in [0.4, 0.5) is 0 Å². The molecule has 1 aromatic rings. The van der Waals surface area contributed by atoms with Gasteiger partial charge in [-0.1, -0.05) is 32.8 Å². The van der Waals surface area contributed by atoms with Crippen molar-refractivity contribution in [3.05, 3.63) is 29.3 Å². The molecule has 1 aromatic carbocycles. The first-order valence-electron chi connectivity index (χ1n) is 10.1. The summed E-state index contributed by atoms with van der Waals surface area (Å²) < 4.78 is 11.4. The third-order valence-corrected chi connectivity index (χ3v) is 5.83. The Kier molecular flexibility index (Phi) is 6.39. The fourth-order valence-electron chi connectivity index (χ4n) is 4.26. The molecule has 0 radical (unpaired) electrons. The molecule has 0 bridgehead atoms. The molecule has 3 nitrogen and oxygen atoms in total. The maximum absolute atomic E-state index is 12.8. The van der Waals surface area contributed by atoms with E-state index in [1.54, 1.807) is 7.11 Å². The second-order valence-corrected chi connectivity index (χ2v) is 8.16. The zero-order valence-corrected chi connectivity index (χ0v) is 16.4. The Morgan fingerprint density at radius 2 is 1.92 bits per heavy atom. The van der Waals surface area contributed by atoms with Crippen LogP contribution in [0, 0.1) is 17.8 Å². The van der Waals surface area contributed by atoms with E-state index in [9.17, 15) is 4.79 Å². The summed E-state index contributed by atoms with van der Waals surface area (Å²) in [4.78, 5) is 12.8. The van der Waals surface area contributed by atoms with Gasteiger partial charge in [0.15, 0.2) is 17.3 Å². The summed E-state index contributed by atoms with van der Waals surface area (Å²) in [7, 11) is 1.67. The summed E-state index contributed by atoms with van der Waals surface area (Å²) in [6.45, 7) is 5.07. The summed E-state index contributed by atoms with van der Waals surface area (Å²) in [5.41, 5.74) is 2.01. The largest absolute Gasteiger partial charge is 0.493 e. The smallest absolute Gasteiger partial charge is 0.162 e. The molecule has 0 N–H and O–H groups in total. The van der Waals surface area contributed by atoms with Crippen molar-refractivity contribution in [3.8, 4) is 11.5 Å². The predicted molar refractivity (Wildman–Crippen MR) is 106 cm³/mol. The molecule has 2 aliphatic rings. The fraction of sp³-hybridized carbons (Fsp3) is 0.609. The molecule has 26 heavy (non-hydrogen) atoms. The minimum Gasteiger partial charge on any atom is -0.493 e. The van der Waals surface area contributed by atoms with Gasteiger partial charge < -0.3 is 9.47 Å². The number of methoxy groups -OCH3 is 1. The number of hydrogen-bond donors (Lipinski definition) is 0. The van der Waals surface area contributed by atoms with Crippen LogP contribution in [-0.4, -0.2) is 19.5 Å². The van der Waals surface area contributed by atoms with E-state index < -0.39 is 0 Å². The number of hydrogen-bond acceptors (Lipinski definition) is 3. The maximum Gasteiger partial charge on any atom is 0.162 e. The number of Topliss-reactive ketones (excluding diaryl/α,β-unsaturated/α-hetero) is 1. The van der Waals surface area contributed by atoms with Gasteiger partial charge in [0.05, 0.1) is 13.7 Å². The van der Waals surface area contributed by atoms with Gasteiger partial charge in [-0.05, 0) is 73.3 Å². The van der Waals surface area contributed by atoms with Crippen LogP contribution in [0.1, 0.15) is 64.4 Å². The Balaban J connectivity index is 1.69. The van der Waals surface area contributed by atoms with Crippen molar-refractivity contribution < 1.29 is 14.3 Å². The summed E-state index contributed by atoms with van der Waals surface area (Å²) in [6, 6.07) is 5.96.